The van der Waals surface area contributed by atoms with Crippen molar-refractivity contribution >= 4 is 17.4 Å². The van der Waals surface area contributed by atoms with Crippen LogP contribution in [0.3, 0.4) is 0 Å². The monoisotopic (exact) mass is 382 g/mol. The standard InChI is InChI=1S/C24H34N2S/c1-5-8-22(18-25-4)20-10-12-23(13-11-20)27-16-15-21-17-19(6-2)9-14-24(21)26-7-3/h5,9-14,17,22,25-26H,1,6-8,15-16,18H2,2-4H3. The largest absolute Gasteiger partial charge is 0.385 e. The highest BCUT2D eigenvalue weighted by molar-refractivity contribution is 7.99. The second-order valence-corrected chi connectivity index (χ2v) is 7.99. The van der Waals surface area contributed by atoms with Gasteiger partial charge in [-0.15, -0.1) is 18.3 Å². The lowest BCUT2D eigenvalue weighted by Crippen LogP contribution is -2.16. The molecule has 0 saturated carbocycles. The molecular formula is C24H34N2S. The summed E-state index contributed by atoms with van der Waals surface area (Å²) in [6, 6.07) is 15.9. The number of aryl methyl sites for hydroxylation is 2. The minimum absolute atomic E-state index is 0.506. The SMILES string of the molecule is C=CCC(CNC)c1ccc(SCCc2cc(CC)ccc2NCC)cc1. The van der Waals surface area contributed by atoms with Crippen LogP contribution in [-0.4, -0.2) is 25.9 Å². The fourth-order valence-electron chi connectivity index (χ4n) is 3.34. The fourth-order valence-corrected chi connectivity index (χ4v) is 4.22. The van der Waals surface area contributed by atoms with Crippen LogP contribution in [0.5, 0.6) is 0 Å². The minimum Gasteiger partial charge on any atom is -0.385 e. The molecule has 0 aliphatic heterocycles. The van der Waals surface area contributed by atoms with E-state index in [1.54, 1.807) is 0 Å². The molecule has 1 atom stereocenters. The summed E-state index contributed by atoms with van der Waals surface area (Å²) in [5, 5.41) is 6.78. The number of hydrogen-bond acceptors (Lipinski definition) is 3. The summed E-state index contributed by atoms with van der Waals surface area (Å²) in [4.78, 5) is 1.34. The van der Waals surface area contributed by atoms with Crippen molar-refractivity contribution < 1.29 is 0 Å². The van der Waals surface area contributed by atoms with Crippen molar-refractivity contribution in [1.82, 2.24) is 5.32 Å². The van der Waals surface area contributed by atoms with Gasteiger partial charge < -0.3 is 10.6 Å². The van der Waals surface area contributed by atoms with E-state index in [4.69, 9.17) is 0 Å². The predicted molar refractivity (Wildman–Crippen MR) is 122 cm³/mol. The van der Waals surface area contributed by atoms with Gasteiger partial charge in [0.25, 0.3) is 0 Å². The van der Waals surface area contributed by atoms with E-state index in [1.807, 2.05) is 24.9 Å². The lowest BCUT2D eigenvalue weighted by atomic mass is 9.96. The Bertz CT molecular complexity index is 694. The number of thioether (sulfide) groups is 1. The molecule has 0 saturated heterocycles. The molecule has 2 aromatic carbocycles. The molecule has 2 rings (SSSR count). The summed E-state index contributed by atoms with van der Waals surface area (Å²) in [5.74, 6) is 1.60. The Hall–Kier alpha value is -1.71. The molecule has 0 heterocycles. The van der Waals surface area contributed by atoms with E-state index in [-0.39, 0.29) is 0 Å². The Morgan fingerprint density at radius 3 is 2.52 bits per heavy atom. The van der Waals surface area contributed by atoms with Crippen LogP contribution in [0.25, 0.3) is 0 Å². The highest BCUT2D eigenvalue weighted by atomic mass is 32.2. The number of rotatable bonds is 12. The van der Waals surface area contributed by atoms with Crippen molar-refractivity contribution in [1.29, 1.82) is 0 Å². The maximum absolute atomic E-state index is 3.89. The Balaban J connectivity index is 1.96. The van der Waals surface area contributed by atoms with Gasteiger partial charge in [-0.25, -0.2) is 0 Å². The zero-order valence-corrected chi connectivity index (χ0v) is 17.9. The van der Waals surface area contributed by atoms with Gasteiger partial charge in [-0.2, -0.15) is 0 Å². The van der Waals surface area contributed by atoms with Crippen molar-refractivity contribution in [2.24, 2.45) is 0 Å². The lowest BCUT2D eigenvalue weighted by molar-refractivity contribution is 0.636. The summed E-state index contributed by atoms with van der Waals surface area (Å²) >= 11 is 1.94. The molecule has 3 heteroatoms. The number of anilines is 1. The quantitative estimate of drug-likeness (QED) is 0.353. The van der Waals surface area contributed by atoms with E-state index in [2.05, 4.69) is 73.5 Å². The molecule has 2 N–H and O–H groups in total. The van der Waals surface area contributed by atoms with Crippen LogP contribution in [0.15, 0.2) is 60.0 Å². The molecule has 0 bridgehead atoms. The van der Waals surface area contributed by atoms with E-state index in [1.165, 1.54) is 27.3 Å². The molecule has 27 heavy (non-hydrogen) atoms. The smallest absolute Gasteiger partial charge is 0.0373 e. The summed E-state index contributed by atoms with van der Waals surface area (Å²) in [7, 11) is 2.01. The van der Waals surface area contributed by atoms with E-state index < -0.39 is 0 Å². The molecule has 0 radical (unpaired) electrons. The van der Waals surface area contributed by atoms with Crippen LogP contribution >= 0.6 is 11.8 Å². The van der Waals surface area contributed by atoms with Crippen molar-refractivity contribution in [3.63, 3.8) is 0 Å². The molecular weight excluding hydrogens is 348 g/mol. The zero-order chi connectivity index (χ0) is 19.5. The molecule has 2 nitrogen and oxygen atoms in total. The average molecular weight is 383 g/mol. The topological polar surface area (TPSA) is 24.1 Å². The highest BCUT2D eigenvalue weighted by Gasteiger charge is 2.09. The van der Waals surface area contributed by atoms with Gasteiger partial charge in [0.15, 0.2) is 0 Å². The van der Waals surface area contributed by atoms with E-state index in [0.717, 1.165) is 38.1 Å². The van der Waals surface area contributed by atoms with Gasteiger partial charge in [-0.05, 0) is 74.0 Å². The van der Waals surface area contributed by atoms with Gasteiger partial charge in [-0.1, -0.05) is 37.3 Å². The van der Waals surface area contributed by atoms with Gasteiger partial charge in [0.2, 0.25) is 0 Å². The second kappa shape index (κ2) is 11.9. The Labute approximate surface area is 169 Å². The maximum Gasteiger partial charge on any atom is 0.0373 e. The van der Waals surface area contributed by atoms with Crippen LogP contribution in [0.2, 0.25) is 0 Å². The summed E-state index contributed by atoms with van der Waals surface area (Å²) in [5.41, 5.74) is 5.52. The highest BCUT2D eigenvalue weighted by Crippen LogP contribution is 2.26. The van der Waals surface area contributed by atoms with Crippen LogP contribution in [0, 0.1) is 0 Å². The normalized spacial score (nSPS) is 12.0. The van der Waals surface area contributed by atoms with Crippen LogP contribution in [0.4, 0.5) is 5.69 Å². The van der Waals surface area contributed by atoms with E-state index >= 15 is 0 Å². The molecule has 0 aromatic heterocycles. The molecule has 0 aliphatic rings. The van der Waals surface area contributed by atoms with Crippen molar-refractivity contribution in [3.05, 3.63) is 71.8 Å². The molecule has 1 unspecified atom stereocenters. The third-order valence-corrected chi connectivity index (χ3v) is 5.85. The Morgan fingerprint density at radius 2 is 1.89 bits per heavy atom. The predicted octanol–water partition coefficient (Wildman–Crippen LogP) is 5.89. The number of hydrogen-bond donors (Lipinski definition) is 2. The van der Waals surface area contributed by atoms with Crippen LogP contribution in [0.1, 0.15) is 42.9 Å². The van der Waals surface area contributed by atoms with Crippen LogP contribution < -0.4 is 10.6 Å². The van der Waals surface area contributed by atoms with E-state index in [0.29, 0.717) is 5.92 Å². The third-order valence-electron chi connectivity index (χ3n) is 4.84. The summed E-state index contributed by atoms with van der Waals surface area (Å²) in [6.45, 7) is 10.2. The zero-order valence-electron chi connectivity index (χ0n) is 17.1. The van der Waals surface area contributed by atoms with Crippen molar-refractivity contribution in [3.8, 4) is 0 Å². The van der Waals surface area contributed by atoms with Gasteiger partial charge in [0.05, 0.1) is 0 Å². The first-order valence-corrected chi connectivity index (χ1v) is 11.0. The molecule has 0 amide bonds. The lowest BCUT2D eigenvalue weighted by Gasteiger charge is -2.15. The molecule has 146 valence electrons. The van der Waals surface area contributed by atoms with Gasteiger partial charge in [-0.3, -0.25) is 0 Å². The van der Waals surface area contributed by atoms with Gasteiger partial charge in [0.1, 0.15) is 0 Å². The van der Waals surface area contributed by atoms with Gasteiger partial charge in [0, 0.05) is 29.4 Å². The number of nitrogens with one attached hydrogen (secondary N) is 2. The Kier molecular flexibility index (Phi) is 9.51. The number of allylic oxidation sites excluding steroid dienone is 1. The fraction of sp³-hybridized carbons (Fsp3) is 0.417. The summed E-state index contributed by atoms with van der Waals surface area (Å²) < 4.78 is 0. The molecule has 0 spiro atoms. The third kappa shape index (κ3) is 6.75. The van der Waals surface area contributed by atoms with Crippen LogP contribution in [-0.2, 0) is 12.8 Å². The molecule has 0 aliphatic carbocycles. The molecule has 2 aromatic rings. The first-order chi connectivity index (χ1) is 13.2. The van der Waals surface area contributed by atoms with Gasteiger partial charge >= 0.3 is 0 Å². The minimum atomic E-state index is 0.506. The van der Waals surface area contributed by atoms with E-state index in [9.17, 15) is 0 Å². The summed E-state index contributed by atoms with van der Waals surface area (Å²) in [6.07, 6.45) is 5.19. The number of likely N-dealkylation sites (N-methyl/N-ethyl adjacent to an activating group) is 1. The Morgan fingerprint density at radius 1 is 1.11 bits per heavy atom. The molecule has 0 fully saturated rings. The number of benzene rings is 2. The maximum atomic E-state index is 3.89. The first-order valence-electron chi connectivity index (χ1n) is 10.1. The van der Waals surface area contributed by atoms with Crippen molar-refractivity contribution in [2.45, 2.75) is 43.9 Å². The van der Waals surface area contributed by atoms with Crippen molar-refractivity contribution in [2.75, 3.05) is 31.2 Å². The first kappa shape index (κ1) is 21.6. The average Bonchev–Trinajstić information content (AvgIpc) is 2.70. The second-order valence-electron chi connectivity index (χ2n) is 6.82.